The van der Waals surface area contributed by atoms with Crippen molar-refractivity contribution in [2.75, 3.05) is 27.1 Å². The molecule has 0 saturated heterocycles. The molecule has 0 fully saturated rings. The van der Waals surface area contributed by atoms with Crippen LogP contribution < -0.4 is 0 Å². The molecule has 0 aliphatic rings. The quantitative estimate of drug-likeness (QED) is 0.137. The van der Waals surface area contributed by atoms with Gasteiger partial charge in [-0.05, 0) is 63.7 Å². The molecule has 0 aliphatic carbocycles. The number of ether oxygens (including phenoxy) is 3. The fraction of sp³-hybridized carbons (Fsp3) is 0.870. The minimum Gasteiger partial charge on any atom is -0.462 e. The second-order valence-electron chi connectivity index (χ2n) is 8.48. The van der Waals surface area contributed by atoms with Crippen LogP contribution >= 0.6 is 0 Å². The Balaban J connectivity index is 5.66. The number of rotatable bonds is 18. The van der Waals surface area contributed by atoms with E-state index in [1.54, 1.807) is 7.11 Å². The summed E-state index contributed by atoms with van der Waals surface area (Å²) in [6.45, 7) is 12.1. The Kier molecular flexibility index (Phi) is 15.5. The van der Waals surface area contributed by atoms with Crippen LogP contribution in [0.5, 0.6) is 0 Å². The Morgan fingerprint density at radius 2 is 1.74 bits per heavy atom. The number of carbonyl (C=O) groups excluding carboxylic acids is 1. The summed E-state index contributed by atoms with van der Waals surface area (Å²) < 4.78 is 23.3. The molecule has 0 bridgehead atoms. The third-order valence-corrected chi connectivity index (χ3v) is 10.9. The van der Waals surface area contributed by atoms with E-state index in [-0.39, 0.29) is 32.1 Å². The topological polar surface area (TPSA) is 94.5 Å². The maximum Gasteiger partial charge on any atom is 0.302 e. The standard InChI is InChI=1S/C23H46O7Si/c1-8-31(9-2,10-3)30-22(12-11-19(4)14-16-28-20(5)25)23(6,29-18-27-7)15-13-21(26)17-24/h14,21-22,24,26H,8-13,15-18H2,1-7H3/b19-14+/t21?,22-,23+/m1/s1. The molecule has 0 radical (unpaired) electrons. The monoisotopic (exact) mass is 462 g/mol. The Morgan fingerprint density at radius 1 is 1.13 bits per heavy atom. The molecule has 0 aliphatic heterocycles. The highest BCUT2D eigenvalue weighted by molar-refractivity contribution is 6.73. The van der Waals surface area contributed by atoms with Crippen molar-refractivity contribution in [1.82, 2.24) is 0 Å². The number of hydrogen-bond acceptors (Lipinski definition) is 7. The normalized spacial score (nSPS) is 16.6. The first-order valence-electron chi connectivity index (χ1n) is 11.5. The number of aliphatic hydroxyl groups is 2. The number of allylic oxidation sites excluding steroid dienone is 1. The Labute approximate surface area is 190 Å². The van der Waals surface area contributed by atoms with Gasteiger partial charge in [0.25, 0.3) is 0 Å². The first-order valence-corrected chi connectivity index (χ1v) is 14.0. The summed E-state index contributed by atoms with van der Waals surface area (Å²) in [6.07, 6.45) is 3.43. The lowest BCUT2D eigenvalue weighted by molar-refractivity contribution is -0.172. The van der Waals surface area contributed by atoms with Crippen molar-refractivity contribution in [3.8, 4) is 0 Å². The number of carbonyl (C=O) groups is 1. The van der Waals surface area contributed by atoms with Crippen LogP contribution in [0.3, 0.4) is 0 Å². The fourth-order valence-corrected chi connectivity index (χ4v) is 6.59. The van der Waals surface area contributed by atoms with Crippen molar-refractivity contribution in [3.05, 3.63) is 11.6 Å². The molecule has 0 spiro atoms. The van der Waals surface area contributed by atoms with Crippen molar-refractivity contribution in [2.45, 2.75) is 103 Å². The van der Waals surface area contributed by atoms with Crippen LogP contribution in [-0.4, -0.2) is 69.4 Å². The highest BCUT2D eigenvalue weighted by atomic mass is 28.4. The zero-order chi connectivity index (χ0) is 23.9. The zero-order valence-electron chi connectivity index (χ0n) is 20.7. The molecule has 8 heteroatoms. The zero-order valence-corrected chi connectivity index (χ0v) is 21.7. The Morgan fingerprint density at radius 3 is 2.23 bits per heavy atom. The molecule has 0 rings (SSSR count). The van der Waals surface area contributed by atoms with Crippen LogP contribution in [0, 0.1) is 0 Å². The Hall–Kier alpha value is -0.773. The van der Waals surface area contributed by atoms with Gasteiger partial charge in [-0.2, -0.15) is 0 Å². The summed E-state index contributed by atoms with van der Waals surface area (Å²) in [7, 11) is -0.341. The Bertz CT molecular complexity index is 514. The molecule has 184 valence electrons. The van der Waals surface area contributed by atoms with Gasteiger partial charge in [0.05, 0.1) is 24.4 Å². The van der Waals surface area contributed by atoms with E-state index >= 15 is 0 Å². The average molecular weight is 463 g/mol. The molecule has 1 unspecified atom stereocenters. The van der Waals surface area contributed by atoms with Gasteiger partial charge in [-0.25, -0.2) is 0 Å². The van der Waals surface area contributed by atoms with Crippen LogP contribution in [0.15, 0.2) is 11.6 Å². The first-order chi connectivity index (χ1) is 14.6. The van der Waals surface area contributed by atoms with Crippen molar-refractivity contribution in [2.24, 2.45) is 0 Å². The molecular weight excluding hydrogens is 416 g/mol. The fourth-order valence-electron chi connectivity index (χ4n) is 3.62. The molecule has 31 heavy (non-hydrogen) atoms. The summed E-state index contributed by atoms with van der Waals surface area (Å²) in [6, 6.07) is 3.08. The van der Waals surface area contributed by atoms with Gasteiger partial charge in [-0.1, -0.05) is 26.3 Å². The number of aliphatic hydroxyl groups excluding tert-OH is 2. The van der Waals surface area contributed by atoms with E-state index in [9.17, 15) is 15.0 Å². The summed E-state index contributed by atoms with van der Waals surface area (Å²) in [5, 5.41) is 19.2. The van der Waals surface area contributed by atoms with Crippen LogP contribution in [-0.2, 0) is 23.4 Å². The number of esters is 1. The van der Waals surface area contributed by atoms with Gasteiger partial charge in [-0.3, -0.25) is 4.79 Å². The van der Waals surface area contributed by atoms with Gasteiger partial charge in [0.15, 0.2) is 8.32 Å². The predicted octanol–water partition coefficient (Wildman–Crippen LogP) is 4.18. The SMILES string of the molecule is CC[Si](CC)(CC)O[C@H](CC/C(C)=C/COC(C)=O)[C@](C)(CCC(O)CO)OCOC. The molecule has 0 aromatic heterocycles. The lowest BCUT2D eigenvalue weighted by Crippen LogP contribution is -2.51. The van der Waals surface area contributed by atoms with Crippen LogP contribution in [0.25, 0.3) is 0 Å². The largest absolute Gasteiger partial charge is 0.462 e. The first kappa shape index (κ1) is 30.2. The highest BCUT2D eigenvalue weighted by Gasteiger charge is 2.41. The van der Waals surface area contributed by atoms with E-state index in [1.165, 1.54) is 6.92 Å². The second-order valence-corrected chi connectivity index (χ2v) is 13.2. The van der Waals surface area contributed by atoms with Gasteiger partial charge >= 0.3 is 5.97 Å². The molecule has 0 heterocycles. The lowest BCUT2D eigenvalue weighted by Gasteiger charge is -2.43. The van der Waals surface area contributed by atoms with Crippen molar-refractivity contribution < 1.29 is 33.6 Å². The van der Waals surface area contributed by atoms with Gasteiger partial charge in [0.1, 0.15) is 13.4 Å². The van der Waals surface area contributed by atoms with Crippen molar-refractivity contribution >= 4 is 14.3 Å². The number of methoxy groups -OCH3 is 1. The third kappa shape index (κ3) is 11.6. The van der Waals surface area contributed by atoms with Crippen LogP contribution in [0.2, 0.25) is 18.1 Å². The van der Waals surface area contributed by atoms with E-state index < -0.39 is 20.0 Å². The summed E-state index contributed by atoms with van der Waals surface area (Å²) in [5.74, 6) is -0.294. The van der Waals surface area contributed by atoms with E-state index in [4.69, 9.17) is 18.6 Å². The summed E-state index contributed by atoms with van der Waals surface area (Å²) in [5.41, 5.74) is 0.455. The predicted molar refractivity (Wildman–Crippen MR) is 125 cm³/mol. The maximum atomic E-state index is 11.0. The minimum absolute atomic E-state index is 0.131. The molecule has 0 saturated carbocycles. The molecular formula is C23H46O7Si. The third-order valence-electron chi connectivity index (χ3n) is 6.22. The molecule has 2 N–H and O–H groups in total. The van der Waals surface area contributed by atoms with Gasteiger partial charge in [0.2, 0.25) is 0 Å². The van der Waals surface area contributed by atoms with Crippen molar-refractivity contribution in [1.29, 1.82) is 0 Å². The van der Waals surface area contributed by atoms with E-state index in [0.29, 0.717) is 12.8 Å². The molecule has 0 aromatic carbocycles. The van der Waals surface area contributed by atoms with Gasteiger partial charge < -0.3 is 28.8 Å². The summed E-state index contributed by atoms with van der Waals surface area (Å²) in [4.78, 5) is 11.0. The second kappa shape index (κ2) is 15.9. The van der Waals surface area contributed by atoms with E-state index in [2.05, 4.69) is 20.8 Å². The average Bonchev–Trinajstić information content (AvgIpc) is 2.76. The minimum atomic E-state index is -1.93. The molecule has 7 nitrogen and oxygen atoms in total. The summed E-state index contributed by atoms with van der Waals surface area (Å²) >= 11 is 0. The maximum absolute atomic E-state index is 11.0. The van der Waals surface area contributed by atoms with Crippen LogP contribution in [0.4, 0.5) is 0 Å². The van der Waals surface area contributed by atoms with Gasteiger partial charge in [0, 0.05) is 14.0 Å². The molecule has 3 atom stereocenters. The smallest absolute Gasteiger partial charge is 0.302 e. The van der Waals surface area contributed by atoms with E-state index in [0.717, 1.165) is 36.5 Å². The lowest BCUT2D eigenvalue weighted by atomic mass is 9.88. The molecule has 0 amide bonds. The molecule has 0 aromatic rings. The number of hydrogen-bond donors (Lipinski definition) is 2. The van der Waals surface area contributed by atoms with Crippen LogP contribution in [0.1, 0.15) is 67.2 Å². The van der Waals surface area contributed by atoms with Crippen molar-refractivity contribution in [3.63, 3.8) is 0 Å². The van der Waals surface area contributed by atoms with E-state index in [1.807, 2.05) is 19.9 Å². The van der Waals surface area contributed by atoms with Gasteiger partial charge in [-0.15, -0.1) is 0 Å². The highest BCUT2D eigenvalue weighted by Crippen LogP contribution is 2.34.